The van der Waals surface area contributed by atoms with Gasteiger partial charge in [-0.2, -0.15) is 0 Å². The number of ether oxygens (including phenoxy) is 1. The van der Waals surface area contributed by atoms with Crippen molar-refractivity contribution in [3.63, 3.8) is 0 Å². The molecule has 5 heteroatoms. The number of hydrogen-bond acceptors (Lipinski definition) is 3. The summed E-state index contributed by atoms with van der Waals surface area (Å²) in [5.74, 6) is 0.778. The SMILES string of the molecule is COc1ccc([C@H]2CCCCCN2C(=O)c2ccc(=O)[nH]c2)cc1. The van der Waals surface area contributed by atoms with Gasteiger partial charge in [-0.25, -0.2) is 0 Å². The van der Waals surface area contributed by atoms with Gasteiger partial charge < -0.3 is 14.6 Å². The Morgan fingerprint density at radius 3 is 2.58 bits per heavy atom. The number of nitrogens with one attached hydrogen (secondary N) is 1. The average Bonchev–Trinajstić information content (AvgIpc) is 2.88. The second-order valence-electron chi connectivity index (χ2n) is 6.08. The van der Waals surface area contributed by atoms with Gasteiger partial charge in [-0.1, -0.05) is 25.0 Å². The number of benzene rings is 1. The predicted molar refractivity (Wildman–Crippen MR) is 92.3 cm³/mol. The Bertz CT molecular complexity index is 731. The molecule has 0 saturated carbocycles. The van der Waals surface area contributed by atoms with Crippen molar-refractivity contribution >= 4 is 5.91 Å². The van der Waals surface area contributed by atoms with Crippen molar-refractivity contribution in [2.75, 3.05) is 13.7 Å². The van der Waals surface area contributed by atoms with E-state index < -0.39 is 0 Å². The van der Waals surface area contributed by atoms with E-state index in [1.54, 1.807) is 13.2 Å². The summed E-state index contributed by atoms with van der Waals surface area (Å²) in [5, 5.41) is 0. The monoisotopic (exact) mass is 326 g/mol. The minimum Gasteiger partial charge on any atom is -0.497 e. The van der Waals surface area contributed by atoms with Crippen LogP contribution in [0, 0.1) is 0 Å². The molecule has 5 nitrogen and oxygen atoms in total. The van der Waals surface area contributed by atoms with Gasteiger partial charge in [0.25, 0.3) is 5.91 Å². The molecule has 0 unspecified atom stereocenters. The van der Waals surface area contributed by atoms with E-state index in [0.29, 0.717) is 5.56 Å². The fourth-order valence-electron chi connectivity index (χ4n) is 3.23. The van der Waals surface area contributed by atoms with Gasteiger partial charge in [0, 0.05) is 18.8 Å². The Hall–Kier alpha value is -2.56. The van der Waals surface area contributed by atoms with Gasteiger partial charge in [0.15, 0.2) is 0 Å². The molecule has 1 N–H and O–H groups in total. The number of aromatic amines is 1. The number of H-pyrrole nitrogens is 1. The largest absolute Gasteiger partial charge is 0.497 e. The van der Waals surface area contributed by atoms with Gasteiger partial charge >= 0.3 is 0 Å². The van der Waals surface area contributed by atoms with Crippen LogP contribution in [0.25, 0.3) is 0 Å². The molecule has 1 saturated heterocycles. The van der Waals surface area contributed by atoms with Crippen LogP contribution >= 0.6 is 0 Å². The highest BCUT2D eigenvalue weighted by Crippen LogP contribution is 2.32. The minimum atomic E-state index is -0.200. The van der Waals surface area contributed by atoms with Crippen LogP contribution in [0.15, 0.2) is 47.4 Å². The molecule has 2 heterocycles. The molecule has 1 amide bonds. The van der Waals surface area contributed by atoms with E-state index in [4.69, 9.17) is 4.74 Å². The van der Waals surface area contributed by atoms with Crippen molar-refractivity contribution in [3.8, 4) is 5.75 Å². The lowest BCUT2D eigenvalue weighted by molar-refractivity contribution is 0.0680. The number of amides is 1. The van der Waals surface area contributed by atoms with Crippen molar-refractivity contribution in [1.82, 2.24) is 9.88 Å². The zero-order valence-corrected chi connectivity index (χ0v) is 13.8. The molecule has 1 aliphatic heterocycles. The summed E-state index contributed by atoms with van der Waals surface area (Å²) in [5.41, 5.74) is 1.44. The smallest absolute Gasteiger partial charge is 0.255 e. The van der Waals surface area contributed by atoms with Crippen molar-refractivity contribution in [1.29, 1.82) is 0 Å². The van der Waals surface area contributed by atoms with Crippen LogP contribution in [0.1, 0.15) is 47.6 Å². The standard InChI is InChI=1S/C19H22N2O3/c1-24-16-9-6-14(7-10-16)17-5-3-2-4-12-21(17)19(23)15-8-11-18(22)20-13-15/h6-11,13,17H,2-5,12H2,1H3,(H,20,22)/t17-/m1/s1. The lowest BCUT2D eigenvalue weighted by Gasteiger charge is -2.30. The zero-order chi connectivity index (χ0) is 16.9. The number of hydrogen-bond donors (Lipinski definition) is 1. The summed E-state index contributed by atoms with van der Waals surface area (Å²) in [6, 6.07) is 11.0. The molecule has 0 aliphatic carbocycles. The second kappa shape index (κ2) is 7.34. The first kappa shape index (κ1) is 16.3. The number of rotatable bonds is 3. The Balaban J connectivity index is 1.90. The molecule has 0 spiro atoms. The molecule has 1 aromatic carbocycles. The van der Waals surface area contributed by atoms with Gasteiger partial charge in [0.2, 0.25) is 5.56 Å². The fourth-order valence-corrected chi connectivity index (χ4v) is 3.23. The van der Waals surface area contributed by atoms with E-state index in [-0.39, 0.29) is 17.5 Å². The molecular weight excluding hydrogens is 304 g/mol. The van der Waals surface area contributed by atoms with Crippen molar-refractivity contribution in [2.45, 2.75) is 31.7 Å². The highest BCUT2D eigenvalue weighted by Gasteiger charge is 2.27. The average molecular weight is 326 g/mol. The molecule has 2 aromatic rings. The summed E-state index contributed by atoms with van der Waals surface area (Å²) in [7, 11) is 1.65. The summed E-state index contributed by atoms with van der Waals surface area (Å²) in [6.45, 7) is 0.731. The molecule has 1 aliphatic rings. The number of methoxy groups -OCH3 is 1. The fraction of sp³-hybridized carbons (Fsp3) is 0.368. The van der Waals surface area contributed by atoms with Crippen molar-refractivity contribution in [2.24, 2.45) is 0 Å². The summed E-state index contributed by atoms with van der Waals surface area (Å²) >= 11 is 0. The highest BCUT2D eigenvalue weighted by atomic mass is 16.5. The van der Waals surface area contributed by atoms with Gasteiger partial charge in [0.05, 0.1) is 18.7 Å². The number of nitrogens with zero attached hydrogens (tertiary/aromatic N) is 1. The minimum absolute atomic E-state index is 0.0334. The van der Waals surface area contributed by atoms with Gasteiger partial charge in [-0.3, -0.25) is 9.59 Å². The Morgan fingerprint density at radius 1 is 1.12 bits per heavy atom. The van der Waals surface area contributed by atoms with Gasteiger partial charge in [-0.05, 0) is 36.6 Å². The summed E-state index contributed by atoms with van der Waals surface area (Å²) in [4.78, 5) is 28.7. The zero-order valence-electron chi connectivity index (χ0n) is 13.8. The van der Waals surface area contributed by atoms with Crippen LogP contribution in [0.5, 0.6) is 5.75 Å². The van der Waals surface area contributed by atoms with Gasteiger partial charge in [0.1, 0.15) is 5.75 Å². The van der Waals surface area contributed by atoms with E-state index in [1.807, 2.05) is 29.2 Å². The third-order valence-corrected chi connectivity index (χ3v) is 4.55. The molecule has 3 rings (SSSR count). The topological polar surface area (TPSA) is 62.4 Å². The Labute approximate surface area is 141 Å². The molecule has 0 radical (unpaired) electrons. The number of carbonyl (C=O) groups is 1. The predicted octanol–water partition coefficient (Wildman–Crippen LogP) is 3.14. The molecular formula is C19H22N2O3. The molecule has 1 fully saturated rings. The van der Waals surface area contributed by atoms with Crippen molar-refractivity contribution < 1.29 is 9.53 Å². The first-order chi connectivity index (χ1) is 11.7. The lowest BCUT2D eigenvalue weighted by Crippen LogP contribution is -2.35. The number of pyridine rings is 1. The summed E-state index contributed by atoms with van der Waals surface area (Å²) < 4.78 is 5.22. The molecule has 0 bridgehead atoms. The lowest BCUT2D eigenvalue weighted by atomic mass is 10.00. The van der Waals surface area contributed by atoms with Crippen LogP contribution < -0.4 is 10.3 Å². The second-order valence-corrected chi connectivity index (χ2v) is 6.08. The summed E-state index contributed by atoms with van der Waals surface area (Å²) in [6.07, 6.45) is 5.68. The maximum absolute atomic E-state index is 12.9. The quantitative estimate of drug-likeness (QED) is 0.942. The van der Waals surface area contributed by atoms with Crippen LogP contribution in [0.4, 0.5) is 0 Å². The Morgan fingerprint density at radius 2 is 1.92 bits per heavy atom. The van der Waals surface area contributed by atoms with Crippen LogP contribution in [0.3, 0.4) is 0 Å². The normalized spacial score (nSPS) is 18.0. The molecule has 24 heavy (non-hydrogen) atoms. The van der Waals surface area contributed by atoms with Gasteiger partial charge in [-0.15, -0.1) is 0 Å². The van der Waals surface area contributed by atoms with E-state index in [0.717, 1.165) is 43.5 Å². The van der Waals surface area contributed by atoms with Crippen LogP contribution in [-0.4, -0.2) is 29.4 Å². The molecule has 1 atom stereocenters. The maximum atomic E-state index is 12.9. The molecule has 126 valence electrons. The first-order valence-electron chi connectivity index (χ1n) is 8.32. The van der Waals surface area contributed by atoms with E-state index in [9.17, 15) is 9.59 Å². The number of aromatic nitrogens is 1. The third-order valence-electron chi connectivity index (χ3n) is 4.55. The Kier molecular flexibility index (Phi) is 4.99. The van der Waals surface area contributed by atoms with E-state index in [2.05, 4.69) is 4.98 Å². The van der Waals surface area contributed by atoms with E-state index >= 15 is 0 Å². The molecule has 1 aromatic heterocycles. The van der Waals surface area contributed by atoms with Crippen LogP contribution in [-0.2, 0) is 0 Å². The first-order valence-corrected chi connectivity index (χ1v) is 8.32. The highest BCUT2D eigenvalue weighted by molar-refractivity contribution is 5.94. The van der Waals surface area contributed by atoms with Crippen LogP contribution in [0.2, 0.25) is 0 Å². The van der Waals surface area contributed by atoms with Crippen molar-refractivity contribution in [3.05, 3.63) is 64.1 Å². The van der Waals surface area contributed by atoms with E-state index in [1.165, 1.54) is 12.3 Å². The third kappa shape index (κ3) is 3.50. The maximum Gasteiger partial charge on any atom is 0.255 e. The number of likely N-dealkylation sites (tertiary alicyclic amines) is 1. The number of carbonyl (C=O) groups excluding carboxylic acids is 1.